The summed E-state index contributed by atoms with van der Waals surface area (Å²) in [5.41, 5.74) is 2.53. The van der Waals surface area contributed by atoms with E-state index in [-0.39, 0.29) is 6.10 Å². The Labute approximate surface area is 104 Å². The van der Waals surface area contributed by atoms with Gasteiger partial charge in [0.2, 0.25) is 0 Å². The topological polar surface area (TPSA) is 21.3 Å². The smallest absolute Gasteiger partial charge is 0.127 e. The fourth-order valence-electron chi connectivity index (χ4n) is 1.85. The molecule has 0 bridgehead atoms. The molecule has 0 aliphatic heterocycles. The lowest BCUT2D eigenvalue weighted by Crippen LogP contribution is -2.18. The summed E-state index contributed by atoms with van der Waals surface area (Å²) in [7, 11) is 0. The summed E-state index contributed by atoms with van der Waals surface area (Å²) in [6.45, 7) is 7.34. The first kappa shape index (κ1) is 12.4. The molecule has 0 aromatic heterocycles. The summed E-state index contributed by atoms with van der Waals surface area (Å²) < 4.78 is 6.04. The van der Waals surface area contributed by atoms with Crippen molar-refractivity contribution in [1.82, 2.24) is 5.32 Å². The van der Waals surface area contributed by atoms with E-state index in [1.54, 1.807) is 0 Å². The molecule has 0 heterocycles. The number of ether oxygens (including phenoxy) is 1. The van der Waals surface area contributed by atoms with Crippen molar-refractivity contribution in [2.24, 2.45) is 0 Å². The van der Waals surface area contributed by atoms with Crippen molar-refractivity contribution in [3.63, 3.8) is 0 Å². The van der Waals surface area contributed by atoms with Crippen molar-refractivity contribution in [2.45, 2.75) is 58.7 Å². The number of hydrogen-bond acceptors (Lipinski definition) is 2. The number of benzene rings is 1. The van der Waals surface area contributed by atoms with E-state index in [1.165, 1.54) is 24.0 Å². The van der Waals surface area contributed by atoms with Crippen LogP contribution in [0.1, 0.15) is 44.2 Å². The van der Waals surface area contributed by atoms with Crippen LogP contribution in [0, 0.1) is 6.92 Å². The predicted molar refractivity (Wildman–Crippen MR) is 71.4 cm³/mol. The molecule has 0 radical (unpaired) electrons. The lowest BCUT2D eigenvalue weighted by Gasteiger charge is -2.18. The first-order valence-corrected chi connectivity index (χ1v) is 6.69. The molecular formula is C15H23NO. The number of aryl methyl sites for hydroxylation is 1. The third kappa shape index (κ3) is 3.47. The number of rotatable bonds is 6. The molecule has 1 N–H and O–H groups in total. The molecular weight excluding hydrogens is 210 g/mol. The molecule has 1 aliphatic rings. The van der Waals surface area contributed by atoms with Gasteiger partial charge in [-0.3, -0.25) is 0 Å². The molecule has 0 saturated heterocycles. The van der Waals surface area contributed by atoms with Gasteiger partial charge in [0.1, 0.15) is 5.75 Å². The van der Waals surface area contributed by atoms with Crippen LogP contribution >= 0.6 is 0 Å². The van der Waals surface area contributed by atoms with Gasteiger partial charge in [0, 0.05) is 18.2 Å². The van der Waals surface area contributed by atoms with Crippen molar-refractivity contribution in [3.8, 4) is 5.75 Å². The van der Waals surface area contributed by atoms with Crippen molar-refractivity contribution < 1.29 is 4.74 Å². The highest BCUT2D eigenvalue weighted by molar-refractivity contribution is 5.41. The Bertz CT molecular complexity index is 371. The van der Waals surface area contributed by atoms with Crippen LogP contribution < -0.4 is 10.1 Å². The Morgan fingerprint density at radius 1 is 1.41 bits per heavy atom. The fourth-order valence-corrected chi connectivity index (χ4v) is 1.85. The van der Waals surface area contributed by atoms with E-state index in [0.717, 1.165) is 24.8 Å². The van der Waals surface area contributed by atoms with Gasteiger partial charge in [-0.25, -0.2) is 0 Å². The van der Waals surface area contributed by atoms with E-state index in [0.29, 0.717) is 0 Å². The summed E-state index contributed by atoms with van der Waals surface area (Å²) in [6, 6.07) is 7.15. The molecule has 2 nitrogen and oxygen atoms in total. The Kier molecular flexibility index (Phi) is 4.06. The van der Waals surface area contributed by atoms with E-state index in [4.69, 9.17) is 4.74 Å². The van der Waals surface area contributed by atoms with Crippen LogP contribution in [0.25, 0.3) is 0 Å². The molecule has 17 heavy (non-hydrogen) atoms. The minimum Gasteiger partial charge on any atom is -0.490 e. The van der Waals surface area contributed by atoms with Crippen LogP contribution in [0.15, 0.2) is 18.2 Å². The van der Waals surface area contributed by atoms with E-state index < -0.39 is 0 Å². The molecule has 1 aromatic rings. The predicted octanol–water partition coefficient (Wildman–Crippen LogP) is 3.42. The molecule has 1 saturated carbocycles. The highest BCUT2D eigenvalue weighted by atomic mass is 16.5. The number of nitrogens with one attached hydrogen (secondary N) is 1. The standard InChI is InChI=1S/C15H23NO/c1-4-12(3)17-15-11(2)6-5-7-13(15)10-16-14-8-9-14/h5-7,12,14,16H,4,8-10H2,1-3H3. The minimum atomic E-state index is 0.288. The van der Waals surface area contributed by atoms with Crippen molar-refractivity contribution in [3.05, 3.63) is 29.3 Å². The minimum absolute atomic E-state index is 0.288. The summed E-state index contributed by atoms with van der Waals surface area (Å²) in [4.78, 5) is 0. The zero-order valence-electron chi connectivity index (χ0n) is 11.1. The fraction of sp³-hybridized carbons (Fsp3) is 0.600. The highest BCUT2D eigenvalue weighted by Crippen LogP contribution is 2.26. The average molecular weight is 233 g/mol. The van der Waals surface area contributed by atoms with Crippen LogP contribution in [0.4, 0.5) is 0 Å². The van der Waals surface area contributed by atoms with Gasteiger partial charge in [-0.05, 0) is 38.7 Å². The third-order valence-corrected chi connectivity index (χ3v) is 3.35. The molecule has 1 aromatic carbocycles. The number of hydrogen-bond donors (Lipinski definition) is 1. The van der Waals surface area contributed by atoms with Crippen LogP contribution in [0.3, 0.4) is 0 Å². The quantitative estimate of drug-likeness (QED) is 0.813. The lowest BCUT2D eigenvalue weighted by molar-refractivity contribution is 0.213. The van der Waals surface area contributed by atoms with Crippen LogP contribution in [0.2, 0.25) is 0 Å². The van der Waals surface area contributed by atoms with Crippen LogP contribution in [-0.2, 0) is 6.54 Å². The first-order valence-electron chi connectivity index (χ1n) is 6.69. The monoisotopic (exact) mass is 233 g/mol. The van der Waals surface area contributed by atoms with Crippen LogP contribution in [-0.4, -0.2) is 12.1 Å². The molecule has 0 amide bonds. The number of para-hydroxylation sites is 1. The van der Waals surface area contributed by atoms with Gasteiger partial charge in [0.25, 0.3) is 0 Å². The zero-order chi connectivity index (χ0) is 12.3. The second kappa shape index (κ2) is 5.54. The van der Waals surface area contributed by atoms with E-state index in [9.17, 15) is 0 Å². The van der Waals surface area contributed by atoms with Gasteiger partial charge < -0.3 is 10.1 Å². The Morgan fingerprint density at radius 3 is 2.82 bits per heavy atom. The lowest BCUT2D eigenvalue weighted by atomic mass is 10.1. The molecule has 1 unspecified atom stereocenters. The Morgan fingerprint density at radius 2 is 2.18 bits per heavy atom. The summed E-state index contributed by atoms with van der Waals surface area (Å²) in [5.74, 6) is 1.08. The zero-order valence-corrected chi connectivity index (χ0v) is 11.1. The molecule has 2 heteroatoms. The van der Waals surface area contributed by atoms with Crippen molar-refractivity contribution >= 4 is 0 Å². The molecule has 1 aliphatic carbocycles. The highest BCUT2D eigenvalue weighted by Gasteiger charge is 2.21. The average Bonchev–Trinajstić information content (AvgIpc) is 3.13. The molecule has 2 rings (SSSR count). The SMILES string of the molecule is CCC(C)Oc1c(C)cccc1CNC1CC1. The Balaban J connectivity index is 2.08. The normalized spacial score (nSPS) is 16.9. The maximum atomic E-state index is 6.04. The van der Waals surface area contributed by atoms with Crippen LogP contribution in [0.5, 0.6) is 5.75 Å². The van der Waals surface area contributed by atoms with Gasteiger partial charge in [-0.1, -0.05) is 25.1 Å². The molecule has 1 atom stereocenters. The maximum absolute atomic E-state index is 6.04. The van der Waals surface area contributed by atoms with E-state index in [2.05, 4.69) is 44.3 Å². The van der Waals surface area contributed by atoms with Gasteiger partial charge in [-0.15, -0.1) is 0 Å². The maximum Gasteiger partial charge on any atom is 0.127 e. The molecule has 1 fully saturated rings. The van der Waals surface area contributed by atoms with Gasteiger partial charge >= 0.3 is 0 Å². The molecule has 94 valence electrons. The molecule has 0 spiro atoms. The largest absolute Gasteiger partial charge is 0.490 e. The van der Waals surface area contributed by atoms with E-state index in [1.807, 2.05) is 0 Å². The van der Waals surface area contributed by atoms with Gasteiger partial charge in [0.15, 0.2) is 0 Å². The second-order valence-corrected chi connectivity index (χ2v) is 5.06. The van der Waals surface area contributed by atoms with Gasteiger partial charge in [0.05, 0.1) is 6.10 Å². The Hall–Kier alpha value is -1.02. The summed E-state index contributed by atoms with van der Waals surface area (Å²) in [5, 5.41) is 3.55. The van der Waals surface area contributed by atoms with E-state index >= 15 is 0 Å². The second-order valence-electron chi connectivity index (χ2n) is 5.06. The van der Waals surface area contributed by atoms with Crippen molar-refractivity contribution in [2.75, 3.05) is 0 Å². The summed E-state index contributed by atoms with van der Waals surface area (Å²) >= 11 is 0. The first-order chi connectivity index (χ1) is 8.20. The van der Waals surface area contributed by atoms with Gasteiger partial charge in [-0.2, -0.15) is 0 Å². The third-order valence-electron chi connectivity index (χ3n) is 3.35. The van der Waals surface area contributed by atoms with Crippen molar-refractivity contribution in [1.29, 1.82) is 0 Å². The summed E-state index contributed by atoms with van der Waals surface area (Å²) in [6.07, 6.45) is 3.99.